The molecule has 0 amide bonds. The number of aryl methyl sites for hydroxylation is 3. The van der Waals surface area contributed by atoms with Crippen molar-refractivity contribution in [2.45, 2.75) is 85.5 Å². The standard InChI is InChI=1S/C19H32/c1-6-7-8-9-10-11-12-16(3)19-17(4)13-15(2)14-18(19)5/h13-14,16H,6-12H2,1-5H3. The molecule has 19 heavy (non-hydrogen) atoms. The van der Waals surface area contributed by atoms with Crippen molar-refractivity contribution in [3.8, 4) is 0 Å². The van der Waals surface area contributed by atoms with Crippen LogP contribution in [0.25, 0.3) is 0 Å². The molecule has 1 unspecified atom stereocenters. The van der Waals surface area contributed by atoms with E-state index >= 15 is 0 Å². The molecule has 0 saturated heterocycles. The highest BCUT2D eigenvalue weighted by Gasteiger charge is 2.11. The first-order valence-electron chi connectivity index (χ1n) is 8.14. The van der Waals surface area contributed by atoms with Crippen LogP contribution >= 0.6 is 0 Å². The van der Waals surface area contributed by atoms with Gasteiger partial charge in [0.25, 0.3) is 0 Å². The van der Waals surface area contributed by atoms with Gasteiger partial charge in [0.05, 0.1) is 0 Å². The van der Waals surface area contributed by atoms with E-state index in [0.717, 1.165) is 0 Å². The minimum Gasteiger partial charge on any atom is -0.0654 e. The largest absolute Gasteiger partial charge is 0.0654 e. The van der Waals surface area contributed by atoms with Gasteiger partial charge in [0.15, 0.2) is 0 Å². The summed E-state index contributed by atoms with van der Waals surface area (Å²) < 4.78 is 0. The maximum Gasteiger partial charge on any atom is -0.0185 e. The average molecular weight is 260 g/mol. The van der Waals surface area contributed by atoms with Crippen LogP contribution in [0, 0.1) is 20.8 Å². The molecule has 0 fully saturated rings. The lowest BCUT2D eigenvalue weighted by molar-refractivity contribution is 0.555. The number of hydrogen-bond acceptors (Lipinski definition) is 0. The highest BCUT2D eigenvalue weighted by atomic mass is 14.2. The monoisotopic (exact) mass is 260 g/mol. The summed E-state index contributed by atoms with van der Waals surface area (Å²) >= 11 is 0. The summed E-state index contributed by atoms with van der Waals surface area (Å²) in [6.45, 7) is 11.4. The molecule has 0 saturated carbocycles. The van der Waals surface area contributed by atoms with Gasteiger partial charge in [-0.3, -0.25) is 0 Å². The Hall–Kier alpha value is -0.780. The Balaban J connectivity index is 2.43. The first-order valence-corrected chi connectivity index (χ1v) is 8.14. The maximum absolute atomic E-state index is 2.40. The molecule has 1 aromatic rings. The third kappa shape index (κ3) is 5.38. The second-order valence-electron chi connectivity index (χ2n) is 6.27. The summed E-state index contributed by atoms with van der Waals surface area (Å²) in [5, 5.41) is 0. The number of hydrogen-bond donors (Lipinski definition) is 0. The molecule has 1 aromatic carbocycles. The molecule has 0 aliphatic heterocycles. The molecule has 0 aromatic heterocycles. The van der Waals surface area contributed by atoms with Crippen molar-refractivity contribution in [3.63, 3.8) is 0 Å². The summed E-state index contributed by atoms with van der Waals surface area (Å²) in [4.78, 5) is 0. The molecular formula is C19H32. The van der Waals surface area contributed by atoms with E-state index in [-0.39, 0.29) is 0 Å². The van der Waals surface area contributed by atoms with E-state index in [4.69, 9.17) is 0 Å². The van der Waals surface area contributed by atoms with Crippen molar-refractivity contribution in [2.24, 2.45) is 0 Å². The van der Waals surface area contributed by atoms with Gasteiger partial charge >= 0.3 is 0 Å². The predicted octanol–water partition coefficient (Wildman–Crippen LogP) is 6.47. The lowest BCUT2D eigenvalue weighted by Crippen LogP contribution is -2.01. The van der Waals surface area contributed by atoms with E-state index in [1.165, 1.54) is 61.6 Å². The zero-order chi connectivity index (χ0) is 14.3. The predicted molar refractivity (Wildman–Crippen MR) is 87.1 cm³/mol. The Kier molecular flexibility index (Phi) is 7.20. The smallest absolute Gasteiger partial charge is 0.0185 e. The molecule has 0 radical (unpaired) electrons. The zero-order valence-corrected chi connectivity index (χ0v) is 13.7. The van der Waals surface area contributed by atoms with Crippen LogP contribution in [0.2, 0.25) is 0 Å². The van der Waals surface area contributed by atoms with E-state index in [0.29, 0.717) is 5.92 Å². The molecule has 0 spiro atoms. The molecule has 0 N–H and O–H groups in total. The van der Waals surface area contributed by atoms with Crippen molar-refractivity contribution < 1.29 is 0 Å². The molecule has 0 heterocycles. The van der Waals surface area contributed by atoms with Gasteiger partial charge in [-0.25, -0.2) is 0 Å². The van der Waals surface area contributed by atoms with Gasteiger partial charge in [0.1, 0.15) is 0 Å². The summed E-state index contributed by atoms with van der Waals surface area (Å²) in [6, 6.07) is 4.67. The van der Waals surface area contributed by atoms with Gasteiger partial charge < -0.3 is 0 Å². The molecular weight excluding hydrogens is 228 g/mol. The summed E-state index contributed by atoms with van der Waals surface area (Å²) in [5.74, 6) is 0.715. The maximum atomic E-state index is 2.40. The fraction of sp³-hybridized carbons (Fsp3) is 0.684. The molecule has 0 nitrogen and oxygen atoms in total. The first-order chi connectivity index (χ1) is 9.06. The zero-order valence-electron chi connectivity index (χ0n) is 13.7. The lowest BCUT2D eigenvalue weighted by Gasteiger charge is -2.18. The van der Waals surface area contributed by atoms with Gasteiger partial charge in [-0.15, -0.1) is 0 Å². The van der Waals surface area contributed by atoms with Crippen molar-refractivity contribution in [1.82, 2.24) is 0 Å². The summed E-state index contributed by atoms with van der Waals surface area (Å²) in [5.41, 5.74) is 5.96. The second kappa shape index (κ2) is 8.40. The highest BCUT2D eigenvalue weighted by Crippen LogP contribution is 2.29. The number of unbranched alkanes of at least 4 members (excludes halogenated alkanes) is 5. The minimum absolute atomic E-state index is 0.715. The Morgan fingerprint density at radius 1 is 0.842 bits per heavy atom. The third-order valence-corrected chi connectivity index (χ3v) is 4.22. The Bertz CT molecular complexity index is 353. The molecule has 0 aliphatic carbocycles. The summed E-state index contributed by atoms with van der Waals surface area (Å²) in [6.07, 6.45) is 9.74. The quantitative estimate of drug-likeness (QED) is 0.470. The Morgan fingerprint density at radius 3 is 1.95 bits per heavy atom. The molecule has 0 heteroatoms. The highest BCUT2D eigenvalue weighted by molar-refractivity contribution is 5.39. The van der Waals surface area contributed by atoms with Gasteiger partial charge in [-0.05, 0) is 49.8 Å². The van der Waals surface area contributed by atoms with Crippen LogP contribution in [0.15, 0.2) is 12.1 Å². The van der Waals surface area contributed by atoms with Crippen molar-refractivity contribution in [2.75, 3.05) is 0 Å². The molecule has 0 aliphatic rings. The van der Waals surface area contributed by atoms with E-state index in [9.17, 15) is 0 Å². The van der Waals surface area contributed by atoms with E-state index in [1.54, 1.807) is 5.56 Å². The normalized spacial score (nSPS) is 12.7. The van der Waals surface area contributed by atoms with Gasteiger partial charge in [-0.1, -0.05) is 70.1 Å². The molecule has 1 atom stereocenters. The van der Waals surface area contributed by atoms with E-state index in [1.807, 2.05) is 0 Å². The van der Waals surface area contributed by atoms with Gasteiger partial charge in [0.2, 0.25) is 0 Å². The van der Waals surface area contributed by atoms with Crippen LogP contribution in [-0.2, 0) is 0 Å². The Labute approximate surface area is 120 Å². The summed E-state index contributed by atoms with van der Waals surface area (Å²) in [7, 11) is 0. The van der Waals surface area contributed by atoms with Crippen LogP contribution in [0.5, 0.6) is 0 Å². The average Bonchev–Trinajstić information content (AvgIpc) is 2.32. The topological polar surface area (TPSA) is 0 Å². The Morgan fingerprint density at radius 2 is 1.37 bits per heavy atom. The van der Waals surface area contributed by atoms with E-state index < -0.39 is 0 Å². The third-order valence-electron chi connectivity index (χ3n) is 4.22. The molecule has 0 bridgehead atoms. The second-order valence-corrected chi connectivity index (χ2v) is 6.27. The lowest BCUT2D eigenvalue weighted by atomic mass is 9.87. The van der Waals surface area contributed by atoms with Crippen LogP contribution in [-0.4, -0.2) is 0 Å². The van der Waals surface area contributed by atoms with Crippen LogP contribution in [0.3, 0.4) is 0 Å². The van der Waals surface area contributed by atoms with Crippen molar-refractivity contribution in [1.29, 1.82) is 0 Å². The van der Waals surface area contributed by atoms with Crippen LogP contribution < -0.4 is 0 Å². The number of benzene rings is 1. The molecule has 108 valence electrons. The molecule has 1 rings (SSSR count). The minimum atomic E-state index is 0.715. The fourth-order valence-electron chi connectivity index (χ4n) is 3.34. The van der Waals surface area contributed by atoms with E-state index in [2.05, 4.69) is 46.8 Å². The van der Waals surface area contributed by atoms with Gasteiger partial charge in [-0.2, -0.15) is 0 Å². The van der Waals surface area contributed by atoms with Crippen LogP contribution in [0.1, 0.15) is 87.0 Å². The van der Waals surface area contributed by atoms with Crippen LogP contribution in [0.4, 0.5) is 0 Å². The van der Waals surface area contributed by atoms with Crippen molar-refractivity contribution >= 4 is 0 Å². The number of rotatable bonds is 8. The fourth-order valence-corrected chi connectivity index (χ4v) is 3.34. The SMILES string of the molecule is CCCCCCCCC(C)c1c(C)cc(C)cc1C. The van der Waals surface area contributed by atoms with Crippen molar-refractivity contribution in [3.05, 3.63) is 34.4 Å². The first kappa shape index (κ1) is 16.3. The van der Waals surface area contributed by atoms with Gasteiger partial charge in [0, 0.05) is 0 Å².